The summed E-state index contributed by atoms with van der Waals surface area (Å²) in [5.41, 5.74) is 16.5. The molecule has 0 spiro atoms. The first-order chi connectivity index (χ1) is 22.5. The molecule has 0 aliphatic heterocycles. The van der Waals surface area contributed by atoms with Gasteiger partial charge in [-0.3, -0.25) is 0 Å². The van der Waals surface area contributed by atoms with E-state index in [0.717, 1.165) is 35.5 Å². The summed E-state index contributed by atoms with van der Waals surface area (Å²) in [7, 11) is 0. The minimum atomic E-state index is 0. The number of hydrogen-bond donors (Lipinski definition) is 0. The molecule has 0 saturated heterocycles. The Morgan fingerprint density at radius 3 is 1.38 bits per heavy atom. The van der Waals surface area contributed by atoms with Crippen LogP contribution in [0.25, 0.3) is 11.1 Å². The second-order valence-corrected chi connectivity index (χ2v) is 21.0. The zero-order chi connectivity index (χ0) is 31.7. The molecule has 50 heavy (non-hydrogen) atoms. The molecule has 2 atom stereocenters. The zero-order valence-electron chi connectivity index (χ0n) is 31.3. The quantitative estimate of drug-likeness (QED) is 0.336. The molecular weight excluding hydrogens is 727 g/mol. The minimum Gasteiger partial charge on any atom is -1.00 e. The van der Waals surface area contributed by atoms with E-state index >= 15 is 0 Å². The normalized spacial score (nSPS) is 42.4. The van der Waals surface area contributed by atoms with Gasteiger partial charge in [-0.1, -0.05) is 88.2 Å². The van der Waals surface area contributed by atoms with Crippen LogP contribution in [0, 0.1) is 52.3 Å². The summed E-state index contributed by atoms with van der Waals surface area (Å²) >= 11 is 0. The Kier molecular flexibility index (Phi) is 8.68. The number of hydrogen-bond acceptors (Lipinski definition) is 0. The smallest absolute Gasteiger partial charge is 1.00 e. The summed E-state index contributed by atoms with van der Waals surface area (Å²) in [6.45, 7) is 12.5. The van der Waals surface area contributed by atoms with Crippen LogP contribution in [0.5, 0.6) is 0 Å². The van der Waals surface area contributed by atoms with Gasteiger partial charge in [0.25, 0.3) is 0 Å². The van der Waals surface area contributed by atoms with Gasteiger partial charge in [0, 0.05) is 11.3 Å². The van der Waals surface area contributed by atoms with Crippen LogP contribution in [0.3, 0.4) is 0 Å². The summed E-state index contributed by atoms with van der Waals surface area (Å²) in [4.78, 5) is 0. The van der Waals surface area contributed by atoms with Crippen molar-refractivity contribution in [2.75, 3.05) is 0 Å². The van der Waals surface area contributed by atoms with Crippen molar-refractivity contribution < 1.29 is 51.0 Å². The summed E-state index contributed by atoms with van der Waals surface area (Å²) in [6.07, 6.45) is 23.2. The molecule has 2 aromatic rings. The third-order valence-corrected chi connectivity index (χ3v) is 16.9. The Balaban J connectivity index is 0.00000120. The number of rotatable bonds is 3. The molecule has 0 nitrogen and oxygen atoms in total. The third-order valence-electron chi connectivity index (χ3n) is 16.9. The van der Waals surface area contributed by atoms with Crippen molar-refractivity contribution in [3.05, 3.63) is 81.4 Å². The van der Waals surface area contributed by atoms with E-state index in [1.807, 2.05) is 0 Å². The Bertz CT molecular complexity index is 1620. The van der Waals surface area contributed by atoms with Gasteiger partial charge in [0.1, 0.15) is 0 Å². The molecule has 0 N–H and O–H groups in total. The maximum Gasteiger partial charge on any atom is 2.00 e. The predicted molar refractivity (Wildman–Crippen MR) is 194 cm³/mol. The first-order valence-electron chi connectivity index (χ1n) is 20.2. The molecule has 264 valence electrons. The van der Waals surface area contributed by atoms with Crippen molar-refractivity contribution >= 4 is 0 Å². The number of allylic oxidation sites excluding steroid dienone is 4. The molecule has 11 aliphatic rings. The van der Waals surface area contributed by atoms with Crippen molar-refractivity contribution in [2.24, 2.45) is 52.3 Å². The van der Waals surface area contributed by atoms with Crippen LogP contribution in [0.1, 0.15) is 153 Å². The van der Waals surface area contributed by atoms with Crippen molar-refractivity contribution in [3.8, 4) is 11.1 Å². The molecule has 0 radical (unpaired) electrons. The van der Waals surface area contributed by atoms with Gasteiger partial charge in [-0.15, -0.1) is 0 Å². The van der Waals surface area contributed by atoms with Gasteiger partial charge < -0.3 is 24.8 Å². The topological polar surface area (TPSA) is 0 Å². The standard InChI is InChI=1S/C47H58.2ClH.Zr/c1-27-20-45(5,42-19-36(18-39(27)42)44(2,3)4)43-37-8-6-34(46-21-28-10-29(22-46)12-30(11-28)23-46)16-40(37)41-17-35(7-9-38(41)43)47-24-31-13-32(25-47)15-33(14-31)26-47;;;/h6-9,16-17,19,27-33,43H,10-15,18,20-26H2,1-5H3;2*1H;/q;;;+2/p-2. The maximum atomic E-state index is 2.81. The van der Waals surface area contributed by atoms with Gasteiger partial charge in [0.05, 0.1) is 0 Å². The SMILES string of the molecule is CC1CC(C)(C2c3ccc(C45CC6CC(CC(C6)C4)C5)cc3-c3cc(C45CC6CC(CC(C6)C4)C5)ccc32)C2=C1CC(C(C)(C)C)=C2.[Cl-].[Cl-].[Zr+2]. The largest absolute Gasteiger partial charge is 2.00 e. The van der Waals surface area contributed by atoms with Gasteiger partial charge in [-0.25, -0.2) is 0 Å². The Labute approximate surface area is 334 Å². The van der Waals surface area contributed by atoms with Gasteiger partial charge in [0.2, 0.25) is 0 Å². The fourth-order valence-corrected chi connectivity index (χ4v) is 15.7. The molecule has 8 fully saturated rings. The molecule has 0 heterocycles. The molecule has 13 rings (SSSR count). The van der Waals surface area contributed by atoms with Crippen LogP contribution in [-0.2, 0) is 37.0 Å². The first kappa shape index (κ1) is 36.4. The fourth-order valence-electron chi connectivity index (χ4n) is 15.7. The second-order valence-electron chi connectivity index (χ2n) is 21.0. The van der Waals surface area contributed by atoms with E-state index in [-0.39, 0.29) is 61.8 Å². The van der Waals surface area contributed by atoms with Crippen molar-refractivity contribution in [1.82, 2.24) is 0 Å². The maximum absolute atomic E-state index is 2.81. The molecule has 2 unspecified atom stereocenters. The van der Waals surface area contributed by atoms with E-state index in [4.69, 9.17) is 0 Å². The van der Waals surface area contributed by atoms with Gasteiger partial charge in [0.15, 0.2) is 0 Å². The van der Waals surface area contributed by atoms with E-state index in [1.54, 1.807) is 50.1 Å². The number of fused-ring (bicyclic) bond motifs is 3. The van der Waals surface area contributed by atoms with Gasteiger partial charge in [-0.05, 0) is 187 Å². The molecule has 8 bridgehead atoms. The van der Waals surface area contributed by atoms with Crippen LogP contribution in [-0.4, -0.2) is 0 Å². The third kappa shape index (κ3) is 5.03. The van der Waals surface area contributed by atoms with E-state index in [2.05, 4.69) is 77.1 Å². The zero-order valence-corrected chi connectivity index (χ0v) is 35.3. The van der Waals surface area contributed by atoms with E-state index < -0.39 is 0 Å². The Morgan fingerprint density at radius 2 is 1.00 bits per heavy atom. The average Bonchev–Trinajstić information content (AvgIpc) is 3.67. The van der Waals surface area contributed by atoms with Crippen molar-refractivity contribution in [1.29, 1.82) is 0 Å². The van der Waals surface area contributed by atoms with Crippen LogP contribution >= 0.6 is 0 Å². The van der Waals surface area contributed by atoms with Crippen molar-refractivity contribution in [2.45, 2.75) is 141 Å². The summed E-state index contributed by atoms with van der Waals surface area (Å²) < 4.78 is 0. The monoisotopic (exact) mass is 782 g/mol. The van der Waals surface area contributed by atoms with Gasteiger partial charge >= 0.3 is 26.2 Å². The van der Waals surface area contributed by atoms with Crippen LogP contribution in [0.2, 0.25) is 0 Å². The van der Waals surface area contributed by atoms with E-state index in [9.17, 15) is 0 Å². The molecule has 0 amide bonds. The first-order valence-corrected chi connectivity index (χ1v) is 20.2. The molecule has 11 aliphatic carbocycles. The Hall–Kier alpha value is -0.617. The van der Waals surface area contributed by atoms with Crippen molar-refractivity contribution in [3.63, 3.8) is 0 Å². The van der Waals surface area contributed by atoms with E-state index in [1.165, 1.54) is 89.9 Å². The number of benzene rings is 2. The summed E-state index contributed by atoms with van der Waals surface area (Å²) in [5, 5.41) is 0. The number of halogens is 2. The average molecular weight is 785 g/mol. The minimum absolute atomic E-state index is 0. The van der Waals surface area contributed by atoms with Crippen LogP contribution < -0.4 is 24.8 Å². The second kappa shape index (κ2) is 11.9. The summed E-state index contributed by atoms with van der Waals surface area (Å²) in [5.74, 6) is 7.10. The molecule has 3 heteroatoms. The molecule has 0 aromatic heterocycles. The molecular formula is C47H58Cl2Zr. The predicted octanol–water partition coefficient (Wildman–Crippen LogP) is 6.46. The Morgan fingerprint density at radius 1 is 0.600 bits per heavy atom. The fraction of sp³-hybridized carbons (Fsp3) is 0.660. The van der Waals surface area contributed by atoms with Crippen LogP contribution in [0.4, 0.5) is 0 Å². The molecule has 8 saturated carbocycles. The summed E-state index contributed by atoms with van der Waals surface area (Å²) in [6, 6.07) is 16.4. The van der Waals surface area contributed by atoms with Gasteiger partial charge in [-0.2, -0.15) is 0 Å². The van der Waals surface area contributed by atoms with Crippen LogP contribution in [0.15, 0.2) is 59.2 Å². The van der Waals surface area contributed by atoms with E-state index in [0.29, 0.717) is 22.7 Å². The molecule has 2 aromatic carbocycles.